The van der Waals surface area contributed by atoms with Crippen molar-refractivity contribution in [2.24, 2.45) is 35.5 Å². The highest BCUT2D eigenvalue weighted by molar-refractivity contribution is 6.61. The Hall–Kier alpha value is 0.420. The predicted octanol–water partition coefficient (Wildman–Crippen LogP) is 5.87. The molecule has 0 aromatic rings. The molecule has 4 fully saturated rings. The van der Waals surface area contributed by atoms with E-state index in [1.807, 2.05) is 13.8 Å². The molecule has 0 heterocycles. The maximum atomic E-state index is 11.8. The second-order valence-corrected chi connectivity index (χ2v) is 13.0. The molecule has 4 aliphatic rings. The van der Waals surface area contributed by atoms with Crippen LogP contribution in [0.5, 0.6) is 0 Å². The third kappa shape index (κ3) is 5.02. The summed E-state index contributed by atoms with van der Waals surface area (Å²) in [5, 5.41) is 19.0. The van der Waals surface area contributed by atoms with Gasteiger partial charge in [-0.2, -0.15) is 0 Å². The lowest BCUT2D eigenvalue weighted by Crippen LogP contribution is -2.55. The number of ketones is 2. The summed E-state index contributed by atoms with van der Waals surface area (Å²) in [5.41, 5.74) is 0. The van der Waals surface area contributed by atoms with Gasteiger partial charge in [0.25, 0.3) is 0 Å². The maximum Gasteiger partial charge on any atom is 0.179 e. The third-order valence-corrected chi connectivity index (χ3v) is 10.3. The summed E-state index contributed by atoms with van der Waals surface area (Å²) in [7, 11) is 0. The molecule has 4 saturated carbocycles. The highest BCUT2D eigenvalue weighted by atomic mass is 35.5. The minimum absolute atomic E-state index is 0.00863. The zero-order valence-corrected chi connectivity index (χ0v) is 21.9. The van der Waals surface area contributed by atoms with Gasteiger partial charge in [-0.15, -0.1) is 0 Å². The number of fused-ring (bicyclic) bond motifs is 2. The van der Waals surface area contributed by atoms with Gasteiger partial charge in [0.2, 0.25) is 0 Å². The fourth-order valence-corrected chi connectivity index (χ4v) is 7.74. The summed E-state index contributed by atoms with van der Waals surface area (Å²) in [6.07, 6.45) is 8.48. The van der Waals surface area contributed by atoms with Crippen LogP contribution >= 0.6 is 46.4 Å². The highest BCUT2D eigenvalue weighted by Crippen LogP contribution is 2.60. The summed E-state index contributed by atoms with van der Waals surface area (Å²) in [6.45, 7) is 3.94. The Labute approximate surface area is 211 Å². The average Bonchev–Trinajstić information content (AvgIpc) is 3.37. The Bertz CT molecular complexity index is 639. The number of aliphatic hydroxyl groups excluding tert-OH is 2. The lowest BCUT2D eigenvalue weighted by molar-refractivity contribution is -0.136. The predicted molar refractivity (Wildman–Crippen MR) is 129 cm³/mol. The highest BCUT2D eigenvalue weighted by Gasteiger charge is 2.65. The molecule has 0 bridgehead atoms. The van der Waals surface area contributed by atoms with E-state index in [-0.39, 0.29) is 47.4 Å². The van der Waals surface area contributed by atoms with Crippen molar-refractivity contribution < 1.29 is 19.8 Å². The number of carbonyl (C=O) groups excluding carboxylic acids is 2. The van der Waals surface area contributed by atoms with Crippen molar-refractivity contribution in [1.82, 2.24) is 0 Å². The van der Waals surface area contributed by atoms with Crippen LogP contribution in [-0.2, 0) is 9.59 Å². The molecule has 8 unspecified atom stereocenters. The van der Waals surface area contributed by atoms with Crippen molar-refractivity contribution in [2.45, 2.75) is 98.9 Å². The molecule has 0 saturated heterocycles. The summed E-state index contributed by atoms with van der Waals surface area (Å²) in [6, 6.07) is 0. The number of hydrogen-bond donors (Lipinski definition) is 2. The van der Waals surface area contributed by atoms with Crippen LogP contribution in [0.4, 0.5) is 0 Å². The second-order valence-electron chi connectivity index (χ2n) is 10.2. The molecule has 8 atom stereocenters. The molecule has 0 radical (unpaired) electrons. The van der Waals surface area contributed by atoms with Crippen LogP contribution < -0.4 is 0 Å². The van der Waals surface area contributed by atoms with Gasteiger partial charge in [-0.3, -0.25) is 9.59 Å². The SMILES string of the molecule is CCC(O)CCC1CCC2C1C(=O)C2(Cl)Cl.CCC(O)CCC1CCC2C1C(=O)C2(Cl)Cl. The Morgan fingerprint density at radius 1 is 0.750 bits per heavy atom. The van der Waals surface area contributed by atoms with E-state index in [4.69, 9.17) is 46.4 Å². The van der Waals surface area contributed by atoms with Crippen molar-refractivity contribution in [3.05, 3.63) is 0 Å². The zero-order valence-electron chi connectivity index (χ0n) is 18.9. The maximum absolute atomic E-state index is 11.8. The van der Waals surface area contributed by atoms with Crippen LogP contribution in [0.2, 0.25) is 0 Å². The minimum atomic E-state index is -1.11. The van der Waals surface area contributed by atoms with Crippen molar-refractivity contribution in [3.8, 4) is 0 Å². The molecule has 0 spiro atoms. The number of halogens is 4. The largest absolute Gasteiger partial charge is 0.393 e. The van der Waals surface area contributed by atoms with E-state index in [0.29, 0.717) is 11.8 Å². The van der Waals surface area contributed by atoms with E-state index in [2.05, 4.69) is 0 Å². The van der Waals surface area contributed by atoms with Gasteiger partial charge >= 0.3 is 0 Å². The second kappa shape index (κ2) is 10.6. The summed E-state index contributed by atoms with van der Waals surface area (Å²) >= 11 is 23.9. The third-order valence-electron chi connectivity index (χ3n) is 8.46. The molecule has 0 amide bonds. The number of aliphatic hydroxyl groups is 2. The van der Waals surface area contributed by atoms with Crippen molar-refractivity contribution in [2.75, 3.05) is 0 Å². The first-order valence-corrected chi connectivity index (χ1v) is 13.7. The normalized spacial score (nSPS) is 38.0. The Kier molecular flexibility index (Phi) is 8.93. The van der Waals surface area contributed by atoms with Crippen LogP contribution in [0.3, 0.4) is 0 Å². The first kappa shape index (κ1) is 27.0. The van der Waals surface area contributed by atoms with Crippen LogP contribution in [-0.4, -0.2) is 42.7 Å². The summed E-state index contributed by atoms with van der Waals surface area (Å²) in [5.74, 6) is 1.26. The van der Waals surface area contributed by atoms with Gasteiger partial charge in [0.05, 0.1) is 12.2 Å². The van der Waals surface area contributed by atoms with Gasteiger partial charge in [0.1, 0.15) is 0 Å². The molecule has 0 aromatic carbocycles. The molecule has 0 aromatic heterocycles. The number of alkyl halides is 4. The molecule has 4 aliphatic carbocycles. The van der Waals surface area contributed by atoms with Gasteiger partial charge in [-0.05, 0) is 76.0 Å². The van der Waals surface area contributed by atoms with Gasteiger partial charge in [0, 0.05) is 23.7 Å². The van der Waals surface area contributed by atoms with Crippen molar-refractivity contribution in [3.63, 3.8) is 0 Å². The molecule has 4 rings (SSSR count). The molecule has 0 aliphatic heterocycles. The van der Waals surface area contributed by atoms with Gasteiger partial charge in [-0.1, -0.05) is 60.3 Å². The summed E-state index contributed by atoms with van der Waals surface area (Å²) in [4.78, 5) is 23.5. The molecular weight excluding hydrogens is 494 g/mol. The average molecular weight is 530 g/mol. The first-order valence-electron chi connectivity index (χ1n) is 12.2. The summed E-state index contributed by atoms with van der Waals surface area (Å²) < 4.78 is -2.22. The van der Waals surface area contributed by atoms with Gasteiger partial charge in [-0.25, -0.2) is 0 Å². The number of hydrogen-bond acceptors (Lipinski definition) is 4. The van der Waals surface area contributed by atoms with Crippen LogP contribution in [0.25, 0.3) is 0 Å². The molecule has 184 valence electrons. The number of Topliss-reactive ketones (excluding diaryl/α,β-unsaturated/α-hetero) is 2. The quantitative estimate of drug-likeness (QED) is 0.385. The van der Waals surface area contributed by atoms with Gasteiger partial charge < -0.3 is 10.2 Å². The Morgan fingerprint density at radius 3 is 1.41 bits per heavy atom. The molecule has 32 heavy (non-hydrogen) atoms. The van der Waals surface area contributed by atoms with Gasteiger partial charge in [0.15, 0.2) is 20.2 Å². The van der Waals surface area contributed by atoms with E-state index >= 15 is 0 Å². The fraction of sp³-hybridized carbons (Fsp3) is 0.917. The lowest BCUT2D eigenvalue weighted by atomic mass is 9.69. The van der Waals surface area contributed by atoms with Crippen molar-refractivity contribution >= 4 is 58.0 Å². The zero-order chi connectivity index (χ0) is 23.8. The number of rotatable bonds is 8. The smallest absolute Gasteiger partial charge is 0.179 e. The number of carbonyl (C=O) groups is 2. The van der Waals surface area contributed by atoms with Crippen LogP contribution in [0, 0.1) is 35.5 Å². The van der Waals surface area contributed by atoms with E-state index < -0.39 is 8.67 Å². The van der Waals surface area contributed by atoms with Crippen LogP contribution in [0.1, 0.15) is 78.1 Å². The Balaban J connectivity index is 0.000000181. The fourth-order valence-electron chi connectivity index (χ4n) is 6.26. The first-order chi connectivity index (χ1) is 15.0. The van der Waals surface area contributed by atoms with E-state index in [1.54, 1.807) is 0 Å². The Morgan fingerprint density at radius 2 is 1.09 bits per heavy atom. The standard InChI is InChI=1S/2C12H18Cl2O2/c2*1-2-8(15)5-3-7-4-6-9-10(7)11(16)12(9,13)14/h2*7-10,15H,2-6H2,1H3. The monoisotopic (exact) mass is 528 g/mol. The minimum Gasteiger partial charge on any atom is -0.393 e. The van der Waals surface area contributed by atoms with Crippen LogP contribution in [0.15, 0.2) is 0 Å². The van der Waals surface area contributed by atoms with E-state index in [9.17, 15) is 19.8 Å². The topological polar surface area (TPSA) is 74.6 Å². The van der Waals surface area contributed by atoms with Crippen molar-refractivity contribution in [1.29, 1.82) is 0 Å². The van der Waals surface area contributed by atoms with E-state index in [1.165, 1.54) is 0 Å². The molecule has 2 N–H and O–H groups in total. The lowest BCUT2D eigenvalue weighted by Gasteiger charge is -2.43. The van der Waals surface area contributed by atoms with E-state index in [0.717, 1.165) is 64.2 Å². The molecule has 4 nitrogen and oxygen atoms in total. The molecule has 8 heteroatoms. The molecular formula is C24H36Cl4O4.